The molecule has 0 radical (unpaired) electrons. The van der Waals surface area contributed by atoms with Gasteiger partial charge in [-0.15, -0.1) is 0 Å². The van der Waals surface area contributed by atoms with Crippen LogP contribution in [0.4, 0.5) is 0 Å². The maximum atomic E-state index is 10.7. The number of hydrogen-bond donors (Lipinski definition) is 2. The van der Waals surface area contributed by atoms with Crippen LogP contribution in [0.2, 0.25) is 0 Å². The minimum atomic E-state index is -0.455. The number of nitrogens with two attached hydrogens (primary N) is 1. The monoisotopic (exact) mass is 213 g/mol. The molecule has 2 nitrogen and oxygen atoms in total. The van der Waals surface area contributed by atoms with Crippen LogP contribution in [-0.2, 0) is 0 Å². The summed E-state index contributed by atoms with van der Waals surface area (Å²) in [5.41, 5.74) is 5.35. The second-order valence-corrected chi connectivity index (χ2v) is 5.20. The van der Waals surface area contributed by atoms with E-state index in [9.17, 15) is 5.11 Å². The van der Waals surface area contributed by atoms with Crippen molar-refractivity contribution >= 4 is 0 Å². The first kappa shape index (κ1) is 13.0. The van der Waals surface area contributed by atoms with Gasteiger partial charge in [0.25, 0.3) is 0 Å². The van der Waals surface area contributed by atoms with E-state index in [-0.39, 0.29) is 0 Å². The van der Waals surface area contributed by atoms with Crippen molar-refractivity contribution in [3.63, 3.8) is 0 Å². The number of aliphatic hydroxyl groups is 1. The Morgan fingerprint density at radius 2 is 2.20 bits per heavy atom. The SMILES string of the molecule is CCCC(CN)C1(O)CCCC(CC)C1. The second-order valence-electron chi connectivity index (χ2n) is 5.20. The molecule has 1 fully saturated rings. The van der Waals surface area contributed by atoms with E-state index in [1.165, 1.54) is 19.3 Å². The van der Waals surface area contributed by atoms with Crippen molar-refractivity contribution in [2.75, 3.05) is 6.54 Å². The maximum absolute atomic E-state index is 10.7. The van der Waals surface area contributed by atoms with Gasteiger partial charge in [-0.05, 0) is 37.6 Å². The first-order valence-electron chi connectivity index (χ1n) is 6.58. The zero-order valence-corrected chi connectivity index (χ0v) is 10.3. The summed E-state index contributed by atoms with van der Waals surface area (Å²) in [7, 11) is 0. The quantitative estimate of drug-likeness (QED) is 0.737. The lowest BCUT2D eigenvalue weighted by Gasteiger charge is -2.42. The Hall–Kier alpha value is -0.0800. The van der Waals surface area contributed by atoms with Gasteiger partial charge in [-0.1, -0.05) is 39.5 Å². The summed E-state index contributed by atoms with van der Waals surface area (Å²) in [5, 5.41) is 10.7. The van der Waals surface area contributed by atoms with Gasteiger partial charge >= 0.3 is 0 Å². The molecule has 2 heteroatoms. The molecule has 15 heavy (non-hydrogen) atoms. The molecule has 90 valence electrons. The van der Waals surface area contributed by atoms with E-state index >= 15 is 0 Å². The summed E-state index contributed by atoms with van der Waals surface area (Å²) in [6.45, 7) is 5.04. The van der Waals surface area contributed by atoms with Gasteiger partial charge in [0, 0.05) is 0 Å². The van der Waals surface area contributed by atoms with E-state index in [1.807, 2.05) is 0 Å². The van der Waals surface area contributed by atoms with Crippen LogP contribution < -0.4 is 5.73 Å². The molecule has 3 atom stereocenters. The van der Waals surface area contributed by atoms with Crippen LogP contribution in [0.15, 0.2) is 0 Å². The summed E-state index contributed by atoms with van der Waals surface area (Å²) in [5.74, 6) is 1.03. The van der Waals surface area contributed by atoms with Crippen molar-refractivity contribution in [3.05, 3.63) is 0 Å². The van der Waals surface area contributed by atoms with Crippen molar-refractivity contribution in [1.29, 1.82) is 0 Å². The van der Waals surface area contributed by atoms with Crippen LogP contribution in [-0.4, -0.2) is 17.3 Å². The van der Waals surface area contributed by atoms with Gasteiger partial charge in [-0.25, -0.2) is 0 Å². The lowest BCUT2D eigenvalue weighted by atomic mass is 9.69. The van der Waals surface area contributed by atoms with Gasteiger partial charge in [0.15, 0.2) is 0 Å². The van der Waals surface area contributed by atoms with Gasteiger partial charge in [0.2, 0.25) is 0 Å². The van der Waals surface area contributed by atoms with Crippen LogP contribution in [0.25, 0.3) is 0 Å². The van der Waals surface area contributed by atoms with E-state index in [2.05, 4.69) is 13.8 Å². The van der Waals surface area contributed by atoms with Gasteiger partial charge in [-0.3, -0.25) is 0 Å². The molecule has 0 aromatic carbocycles. The van der Waals surface area contributed by atoms with Gasteiger partial charge in [0.05, 0.1) is 5.60 Å². The highest BCUT2D eigenvalue weighted by Gasteiger charge is 2.39. The van der Waals surface area contributed by atoms with Crippen molar-refractivity contribution in [1.82, 2.24) is 0 Å². The Morgan fingerprint density at radius 1 is 1.47 bits per heavy atom. The van der Waals surface area contributed by atoms with Crippen LogP contribution in [0.3, 0.4) is 0 Å². The second kappa shape index (κ2) is 5.86. The Labute approximate surface area is 94.2 Å². The highest BCUT2D eigenvalue weighted by molar-refractivity contribution is 4.92. The van der Waals surface area contributed by atoms with Gasteiger partial charge < -0.3 is 10.8 Å². The minimum Gasteiger partial charge on any atom is -0.390 e. The molecular weight excluding hydrogens is 186 g/mol. The van der Waals surface area contributed by atoms with E-state index in [1.54, 1.807) is 0 Å². The third-order valence-electron chi connectivity index (χ3n) is 4.12. The molecular formula is C13H27NO. The van der Waals surface area contributed by atoms with Crippen molar-refractivity contribution < 1.29 is 5.11 Å². The smallest absolute Gasteiger partial charge is 0.0690 e. The molecule has 3 N–H and O–H groups in total. The molecule has 0 spiro atoms. The Balaban J connectivity index is 2.61. The molecule has 1 saturated carbocycles. The predicted octanol–water partition coefficient (Wildman–Crippen LogP) is 2.69. The lowest BCUT2D eigenvalue weighted by Crippen LogP contribution is -2.45. The minimum absolute atomic E-state index is 0.317. The molecule has 1 aliphatic rings. The summed E-state index contributed by atoms with van der Waals surface area (Å²) in [6.07, 6.45) is 7.81. The average molecular weight is 213 g/mol. The third-order valence-corrected chi connectivity index (χ3v) is 4.12. The lowest BCUT2D eigenvalue weighted by molar-refractivity contribution is -0.0655. The molecule has 0 heterocycles. The molecule has 0 aromatic heterocycles. The fourth-order valence-corrected chi connectivity index (χ4v) is 3.07. The van der Waals surface area contributed by atoms with Crippen molar-refractivity contribution in [2.24, 2.45) is 17.6 Å². The zero-order chi connectivity index (χ0) is 11.3. The van der Waals surface area contributed by atoms with Crippen LogP contribution in [0.1, 0.15) is 58.8 Å². The summed E-state index contributed by atoms with van der Waals surface area (Å²) in [4.78, 5) is 0. The molecule has 0 amide bonds. The molecule has 0 saturated heterocycles. The van der Waals surface area contributed by atoms with E-state index in [4.69, 9.17) is 5.73 Å². The molecule has 0 bridgehead atoms. The number of hydrogen-bond acceptors (Lipinski definition) is 2. The van der Waals surface area contributed by atoms with Gasteiger partial charge in [-0.2, -0.15) is 0 Å². The van der Waals surface area contributed by atoms with Crippen LogP contribution in [0.5, 0.6) is 0 Å². The highest BCUT2D eigenvalue weighted by Crippen LogP contribution is 2.40. The summed E-state index contributed by atoms with van der Waals surface area (Å²) < 4.78 is 0. The Morgan fingerprint density at radius 3 is 2.73 bits per heavy atom. The molecule has 1 aliphatic carbocycles. The number of rotatable bonds is 5. The first-order chi connectivity index (χ1) is 7.16. The normalized spacial score (nSPS) is 34.0. The summed E-state index contributed by atoms with van der Waals surface area (Å²) in [6, 6.07) is 0. The Kier molecular flexibility index (Phi) is 5.07. The zero-order valence-electron chi connectivity index (χ0n) is 10.3. The first-order valence-corrected chi connectivity index (χ1v) is 6.58. The van der Waals surface area contributed by atoms with Gasteiger partial charge in [0.1, 0.15) is 0 Å². The molecule has 3 unspecified atom stereocenters. The van der Waals surface area contributed by atoms with E-state index in [0.717, 1.165) is 31.6 Å². The van der Waals surface area contributed by atoms with Crippen molar-refractivity contribution in [2.45, 2.75) is 64.4 Å². The largest absolute Gasteiger partial charge is 0.390 e. The third kappa shape index (κ3) is 3.18. The van der Waals surface area contributed by atoms with Crippen LogP contribution in [0, 0.1) is 11.8 Å². The highest BCUT2D eigenvalue weighted by atomic mass is 16.3. The molecule has 0 aromatic rings. The fraction of sp³-hybridized carbons (Fsp3) is 1.00. The topological polar surface area (TPSA) is 46.2 Å². The molecule has 1 rings (SSSR count). The fourth-order valence-electron chi connectivity index (χ4n) is 3.07. The average Bonchev–Trinajstić information content (AvgIpc) is 2.25. The Bertz CT molecular complexity index is 183. The van der Waals surface area contributed by atoms with E-state index < -0.39 is 5.60 Å². The van der Waals surface area contributed by atoms with Crippen molar-refractivity contribution in [3.8, 4) is 0 Å². The predicted molar refractivity (Wildman–Crippen MR) is 64.7 cm³/mol. The standard InChI is InChI=1S/C13H27NO/c1-3-6-12(10-14)13(15)8-5-7-11(4-2)9-13/h11-12,15H,3-10,14H2,1-2H3. The van der Waals surface area contributed by atoms with E-state index in [0.29, 0.717) is 12.5 Å². The summed E-state index contributed by atoms with van der Waals surface area (Å²) >= 11 is 0. The molecule has 0 aliphatic heterocycles. The van der Waals surface area contributed by atoms with Crippen LogP contribution >= 0.6 is 0 Å². The maximum Gasteiger partial charge on any atom is 0.0690 e.